The number of carbonyl (C=O) groups is 2. The third-order valence-electron chi connectivity index (χ3n) is 5.32. The van der Waals surface area contributed by atoms with Crippen molar-refractivity contribution in [3.8, 4) is 0 Å². The van der Waals surface area contributed by atoms with E-state index in [4.69, 9.17) is 21.4 Å². The van der Waals surface area contributed by atoms with Crippen molar-refractivity contribution in [2.24, 2.45) is 0 Å². The Balaban J connectivity index is 1.68. The number of amides is 2. The van der Waals surface area contributed by atoms with Gasteiger partial charge in [-0.05, 0) is 37.5 Å². The van der Waals surface area contributed by atoms with Crippen LogP contribution in [0.3, 0.4) is 0 Å². The predicted molar refractivity (Wildman–Crippen MR) is 116 cm³/mol. The Hall–Kier alpha value is -2.69. The average Bonchev–Trinajstić information content (AvgIpc) is 3.14. The van der Waals surface area contributed by atoms with Gasteiger partial charge in [0.1, 0.15) is 12.3 Å². The first-order valence-corrected chi connectivity index (χ1v) is 10.9. The van der Waals surface area contributed by atoms with Gasteiger partial charge >= 0.3 is 0 Å². The molecule has 1 atom stereocenters. The molecule has 0 saturated carbocycles. The Labute approximate surface area is 194 Å². The van der Waals surface area contributed by atoms with Gasteiger partial charge in [-0.1, -0.05) is 11.6 Å². The van der Waals surface area contributed by atoms with E-state index in [1.165, 1.54) is 6.20 Å². The van der Waals surface area contributed by atoms with E-state index in [1.807, 2.05) is 6.92 Å². The molecule has 1 unspecified atom stereocenters. The predicted octanol–water partition coefficient (Wildman–Crippen LogP) is 2.78. The molecule has 0 aromatic carbocycles. The molecular formula is C22H25ClF2N4O4. The summed E-state index contributed by atoms with van der Waals surface area (Å²) in [5, 5.41) is 11.9. The number of pyridine rings is 2. The second kappa shape index (κ2) is 11.4. The van der Waals surface area contributed by atoms with Gasteiger partial charge in [-0.3, -0.25) is 19.6 Å². The second-order valence-electron chi connectivity index (χ2n) is 7.54. The smallest absolute Gasteiger partial charge is 0.270 e. The van der Waals surface area contributed by atoms with Gasteiger partial charge in [0.2, 0.25) is 0 Å². The third-order valence-corrected chi connectivity index (χ3v) is 5.65. The largest absolute Gasteiger partial charge is 0.395 e. The molecule has 178 valence electrons. The Kier molecular flexibility index (Phi) is 8.65. The first kappa shape index (κ1) is 24.9. The van der Waals surface area contributed by atoms with E-state index in [-0.39, 0.29) is 43.9 Å². The molecule has 1 aliphatic heterocycles. The van der Waals surface area contributed by atoms with E-state index in [0.717, 1.165) is 5.56 Å². The number of nitrogens with zero attached hydrogens (tertiary/aromatic N) is 3. The highest BCUT2D eigenvalue weighted by Crippen LogP contribution is 2.33. The molecule has 2 aromatic heterocycles. The van der Waals surface area contributed by atoms with Gasteiger partial charge in [-0.25, -0.2) is 8.78 Å². The minimum absolute atomic E-state index is 0.0904. The molecular weight excluding hydrogens is 458 g/mol. The molecule has 8 nitrogen and oxygen atoms in total. The summed E-state index contributed by atoms with van der Waals surface area (Å²) in [5.41, 5.74) is 2.44. The molecule has 11 heteroatoms. The second-order valence-corrected chi connectivity index (χ2v) is 7.95. The quantitative estimate of drug-likeness (QED) is 0.477. The van der Waals surface area contributed by atoms with Crippen molar-refractivity contribution < 1.29 is 28.2 Å². The number of aromatic nitrogens is 2. The molecule has 2 aromatic rings. The number of fused-ring (bicyclic) bond motifs is 1. The fourth-order valence-corrected chi connectivity index (χ4v) is 3.87. The van der Waals surface area contributed by atoms with Crippen molar-refractivity contribution in [2.45, 2.75) is 38.8 Å². The van der Waals surface area contributed by atoms with Crippen molar-refractivity contribution in [1.29, 1.82) is 0 Å². The van der Waals surface area contributed by atoms with Crippen LogP contribution in [0.5, 0.6) is 0 Å². The minimum Gasteiger partial charge on any atom is -0.395 e. The summed E-state index contributed by atoms with van der Waals surface area (Å²) in [4.78, 5) is 35.5. The summed E-state index contributed by atoms with van der Waals surface area (Å²) in [7, 11) is 0. The number of halogens is 3. The Morgan fingerprint density at radius 2 is 2.18 bits per heavy atom. The van der Waals surface area contributed by atoms with Crippen LogP contribution >= 0.6 is 11.6 Å². The highest BCUT2D eigenvalue weighted by Gasteiger charge is 2.35. The van der Waals surface area contributed by atoms with Crippen molar-refractivity contribution in [3.63, 3.8) is 0 Å². The van der Waals surface area contributed by atoms with E-state index in [9.17, 15) is 18.4 Å². The lowest BCUT2D eigenvalue weighted by Crippen LogP contribution is -2.29. The number of aryl methyl sites for hydroxylation is 1. The number of carbonyl (C=O) groups excluding carboxylic acids is 2. The fraction of sp³-hybridized carbons (Fsp3) is 0.455. The van der Waals surface area contributed by atoms with Crippen LogP contribution in [-0.2, 0) is 17.7 Å². The lowest BCUT2D eigenvalue weighted by atomic mass is 10.1. The van der Waals surface area contributed by atoms with E-state index in [1.54, 1.807) is 23.2 Å². The van der Waals surface area contributed by atoms with E-state index >= 15 is 0 Å². The SMILES string of the molecule is CC(c1cnc(CCCOCC(F)F)c(Cl)c1)N1Cc2c(ccnc2C(=O)NCCO)C1=O. The van der Waals surface area contributed by atoms with Crippen LogP contribution in [0.15, 0.2) is 24.5 Å². The normalized spacial score (nSPS) is 14.0. The number of aliphatic hydroxyl groups is 1. The first-order chi connectivity index (χ1) is 15.8. The fourth-order valence-electron chi connectivity index (χ4n) is 3.60. The van der Waals surface area contributed by atoms with Gasteiger partial charge in [0.05, 0.1) is 23.4 Å². The monoisotopic (exact) mass is 482 g/mol. The maximum Gasteiger partial charge on any atom is 0.270 e. The van der Waals surface area contributed by atoms with Crippen molar-refractivity contribution >= 4 is 23.4 Å². The van der Waals surface area contributed by atoms with Crippen LogP contribution < -0.4 is 5.32 Å². The lowest BCUT2D eigenvalue weighted by molar-refractivity contribution is 0.0167. The Morgan fingerprint density at radius 1 is 1.39 bits per heavy atom. The third kappa shape index (κ3) is 6.01. The standard InChI is InChI=1S/C22H25ClF2N4O4/c1-13(14-9-17(23)18(28-10-14)3-2-8-33-12-19(24)25)29-11-16-15(22(29)32)4-5-26-20(16)21(31)27-6-7-30/h4-5,9-10,13,19,30H,2-3,6-8,11-12H2,1H3,(H,27,31). The molecule has 0 bridgehead atoms. The van der Waals surface area contributed by atoms with Crippen LogP contribution in [0.4, 0.5) is 8.78 Å². The first-order valence-electron chi connectivity index (χ1n) is 10.5. The molecule has 3 rings (SSSR count). The molecule has 33 heavy (non-hydrogen) atoms. The number of hydrogen-bond acceptors (Lipinski definition) is 6. The molecule has 0 saturated heterocycles. The number of hydrogen-bond donors (Lipinski definition) is 2. The van der Waals surface area contributed by atoms with Gasteiger partial charge in [-0.2, -0.15) is 0 Å². The maximum absolute atomic E-state index is 13.0. The van der Waals surface area contributed by atoms with Crippen molar-refractivity contribution in [3.05, 3.63) is 57.6 Å². The lowest BCUT2D eigenvalue weighted by Gasteiger charge is -2.25. The highest BCUT2D eigenvalue weighted by atomic mass is 35.5. The van der Waals surface area contributed by atoms with E-state index in [0.29, 0.717) is 34.7 Å². The summed E-state index contributed by atoms with van der Waals surface area (Å²) < 4.78 is 29.1. The molecule has 2 amide bonds. The molecule has 0 fully saturated rings. The summed E-state index contributed by atoms with van der Waals surface area (Å²) in [6.45, 7) is 1.52. The molecule has 0 radical (unpaired) electrons. The Morgan fingerprint density at radius 3 is 2.88 bits per heavy atom. The van der Waals surface area contributed by atoms with Gasteiger partial charge in [0.15, 0.2) is 0 Å². The van der Waals surface area contributed by atoms with E-state index < -0.39 is 18.9 Å². The van der Waals surface area contributed by atoms with Crippen LogP contribution in [0.2, 0.25) is 5.02 Å². The van der Waals surface area contributed by atoms with Crippen molar-refractivity contribution in [2.75, 3.05) is 26.4 Å². The molecule has 0 aliphatic carbocycles. The maximum atomic E-state index is 13.0. The summed E-state index contributed by atoms with van der Waals surface area (Å²) in [5.74, 6) is -0.678. The summed E-state index contributed by atoms with van der Waals surface area (Å²) >= 11 is 6.37. The van der Waals surface area contributed by atoms with Crippen LogP contribution in [0.1, 0.15) is 57.1 Å². The average molecular weight is 483 g/mol. The van der Waals surface area contributed by atoms with Gasteiger partial charge < -0.3 is 20.1 Å². The summed E-state index contributed by atoms with van der Waals surface area (Å²) in [6, 6.07) is 2.95. The van der Waals surface area contributed by atoms with Gasteiger partial charge in [0.25, 0.3) is 18.2 Å². The Bertz CT molecular complexity index is 1010. The number of nitrogens with one attached hydrogen (secondary N) is 1. The molecule has 3 heterocycles. The number of ether oxygens (including phenoxy) is 1. The van der Waals surface area contributed by atoms with Crippen molar-refractivity contribution in [1.82, 2.24) is 20.2 Å². The van der Waals surface area contributed by atoms with Gasteiger partial charge in [-0.15, -0.1) is 0 Å². The van der Waals surface area contributed by atoms with Gasteiger partial charge in [0, 0.05) is 43.2 Å². The highest BCUT2D eigenvalue weighted by molar-refractivity contribution is 6.31. The molecule has 0 spiro atoms. The number of aliphatic hydroxyl groups excluding tert-OH is 1. The molecule has 2 N–H and O–H groups in total. The minimum atomic E-state index is -2.49. The van der Waals surface area contributed by atoms with Crippen LogP contribution in [0, 0.1) is 0 Å². The van der Waals surface area contributed by atoms with Crippen LogP contribution in [0.25, 0.3) is 0 Å². The number of rotatable bonds is 11. The number of alkyl halides is 2. The van der Waals surface area contributed by atoms with E-state index in [2.05, 4.69) is 15.3 Å². The zero-order chi connectivity index (χ0) is 24.0. The summed E-state index contributed by atoms with van der Waals surface area (Å²) in [6.07, 6.45) is 1.53. The zero-order valence-corrected chi connectivity index (χ0v) is 18.8. The van der Waals surface area contributed by atoms with Crippen LogP contribution in [-0.4, -0.2) is 64.6 Å². The topological polar surface area (TPSA) is 105 Å². The molecule has 1 aliphatic rings. The zero-order valence-electron chi connectivity index (χ0n) is 18.1.